The van der Waals surface area contributed by atoms with Gasteiger partial charge in [0, 0.05) is 28.0 Å². The van der Waals surface area contributed by atoms with Crippen molar-refractivity contribution in [1.82, 2.24) is 0 Å². The molecule has 0 unspecified atom stereocenters. The van der Waals surface area contributed by atoms with Crippen LogP contribution in [0.3, 0.4) is 0 Å². The van der Waals surface area contributed by atoms with Gasteiger partial charge in [-0.2, -0.15) is 0 Å². The molecular formula is C23H27BrOSi. The molecule has 0 bridgehead atoms. The predicted molar refractivity (Wildman–Crippen MR) is 116 cm³/mol. The molecule has 0 aliphatic heterocycles. The van der Waals surface area contributed by atoms with Gasteiger partial charge in [-0.3, -0.25) is 0 Å². The predicted octanol–water partition coefficient (Wildman–Crippen LogP) is 4.95. The fraction of sp³-hybridized carbons (Fsp3) is 0.391. The quantitative estimate of drug-likeness (QED) is 0.485. The molecule has 3 heteroatoms. The van der Waals surface area contributed by atoms with Crippen LogP contribution in [0.2, 0.25) is 5.04 Å². The van der Waals surface area contributed by atoms with Crippen LogP contribution >= 0.6 is 15.9 Å². The van der Waals surface area contributed by atoms with Crippen LogP contribution in [-0.4, -0.2) is 14.9 Å². The second-order valence-electron chi connectivity index (χ2n) is 8.51. The fourth-order valence-corrected chi connectivity index (χ4v) is 9.00. The number of halogens is 1. The minimum Gasteiger partial charge on any atom is -0.407 e. The van der Waals surface area contributed by atoms with Crippen LogP contribution in [0.1, 0.15) is 34.1 Å². The van der Waals surface area contributed by atoms with Crippen LogP contribution in [0.5, 0.6) is 0 Å². The summed E-state index contributed by atoms with van der Waals surface area (Å²) in [5, 5.41) is 2.71. The first kappa shape index (κ1) is 19.4. The lowest BCUT2D eigenvalue weighted by Crippen LogP contribution is -2.66. The van der Waals surface area contributed by atoms with Gasteiger partial charge in [0.25, 0.3) is 8.32 Å². The maximum atomic E-state index is 6.99. The third kappa shape index (κ3) is 3.56. The molecule has 136 valence electrons. The lowest BCUT2D eigenvalue weighted by molar-refractivity contribution is 0.269. The maximum absolute atomic E-state index is 6.99. The molecule has 2 aromatic carbocycles. The molecular weight excluding hydrogens is 400 g/mol. The molecule has 0 amide bonds. The van der Waals surface area contributed by atoms with Gasteiger partial charge in [0.2, 0.25) is 0 Å². The summed E-state index contributed by atoms with van der Waals surface area (Å²) < 4.78 is 6.99. The van der Waals surface area contributed by atoms with Gasteiger partial charge < -0.3 is 4.43 Å². The van der Waals surface area contributed by atoms with Crippen molar-refractivity contribution in [1.29, 1.82) is 0 Å². The van der Waals surface area contributed by atoms with Crippen LogP contribution in [0.15, 0.2) is 60.7 Å². The first-order valence-electron chi connectivity index (χ1n) is 9.21. The van der Waals surface area contributed by atoms with E-state index in [4.69, 9.17) is 4.43 Å². The second kappa shape index (κ2) is 7.35. The van der Waals surface area contributed by atoms with Gasteiger partial charge in [0.1, 0.15) is 0 Å². The zero-order chi connectivity index (χ0) is 18.8. The zero-order valence-electron chi connectivity index (χ0n) is 16.1. The Labute approximate surface area is 167 Å². The van der Waals surface area contributed by atoms with Crippen molar-refractivity contribution < 1.29 is 4.43 Å². The van der Waals surface area contributed by atoms with Crippen LogP contribution in [-0.2, 0) is 4.43 Å². The Balaban J connectivity index is 2.02. The molecule has 1 saturated carbocycles. The van der Waals surface area contributed by atoms with Crippen molar-refractivity contribution in [2.75, 3.05) is 6.61 Å². The Bertz CT molecular complexity index is 761. The minimum absolute atomic E-state index is 0.0299. The Morgan fingerprint density at radius 1 is 1.04 bits per heavy atom. The van der Waals surface area contributed by atoms with E-state index in [0.29, 0.717) is 5.92 Å². The molecule has 0 aromatic heterocycles. The number of rotatable bonds is 5. The third-order valence-corrected chi connectivity index (χ3v) is 10.9. The molecule has 1 fully saturated rings. The number of benzene rings is 2. The summed E-state index contributed by atoms with van der Waals surface area (Å²) in [6.07, 6.45) is 1.11. The zero-order valence-corrected chi connectivity index (χ0v) is 18.6. The van der Waals surface area contributed by atoms with Gasteiger partial charge in [-0.05, 0) is 39.5 Å². The van der Waals surface area contributed by atoms with Gasteiger partial charge in [-0.25, -0.2) is 0 Å². The lowest BCUT2D eigenvalue weighted by atomic mass is 10.1. The van der Waals surface area contributed by atoms with Crippen molar-refractivity contribution in [3.8, 4) is 10.8 Å². The molecule has 0 saturated heterocycles. The van der Waals surface area contributed by atoms with Gasteiger partial charge >= 0.3 is 0 Å². The normalized spacial score (nSPS) is 22.4. The van der Waals surface area contributed by atoms with E-state index in [1.807, 2.05) is 0 Å². The number of hydrogen-bond donors (Lipinski definition) is 0. The standard InChI is InChI=1S/C23H27BrOSi/c1-22(2,3)26(20-11-7-5-8-12-20,21-13-9-6-10-14-21)25-18-19-17-23(19,4)15-16-24/h5-14,19H,17-18H2,1-4H3/t19-,23+/m1/s1. The Morgan fingerprint density at radius 3 is 1.96 bits per heavy atom. The first-order chi connectivity index (χ1) is 12.3. The van der Waals surface area contributed by atoms with E-state index in [9.17, 15) is 0 Å². The molecule has 1 aliphatic carbocycles. The Morgan fingerprint density at radius 2 is 1.54 bits per heavy atom. The molecule has 2 aromatic rings. The summed E-state index contributed by atoms with van der Waals surface area (Å²) in [5.41, 5.74) is 0.0922. The van der Waals surface area contributed by atoms with E-state index < -0.39 is 8.32 Å². The van der Waals surface area contributed by atoms with Gasteiger partial charge in [-0.1, -0.05) is 87.4 Å². The SMILES string of the molecule is CC(C)(C)[Si](OC[C@H]1C[C@]1(C)C#CBr)(c1ccccc1)c1ccccc1. The highest BCUT2D eigenvalue weighted by Gasteiger charge is 2.54. The van der Waals surface area contributed by atoms with E-state index in [0.717, 1.165) is 13.0 Å². The highest BCUT2D eigenvalue weighted by molar-refractivity contribution is 9.12. The highest BCUT2D eigenvalue weighted by Crippen LogP contribution is 2.52. The average molecular weight is 427 g/mol. The largest absolute Gasteiger partial charge is 0.407 e. The summed E-state index contributed by atoms with van der Waals surface area (Å²) in [4.78, 5) is 2.91. The van der Waals surface area contributed by atoms with Crippen LogP contribution in [0, 0.1) is 22.1 Å². The molecule has 26 heavy (non-hydrogen) atoms. The monoisotopic (exact) mass is 426 g/mol. The molecule has 0 N–H and O–H groups in total. The van der Waals surface area contributed by atoms with Crippen molar-refractivity contribution in [3.63, 3.8) is 0 Å². The summed E-state index contributed by atoms with van der Waals surface area (Å²) in [5.74, 6) is 3.81. The summed E-state index contributed by atoms with van der Waals surface area (Å²) in [6.45, 7) is 9.98. The van der Waals surface area contributed by atoms with E-state index in [-0.39, 0.29) is 10.5 Å². The third-order valence-electron chi connectivity index (χ3n) is 5.66. The van der Waals surface area contributed by atoms with Crippen molar-refractivity contribution in [2.45, 2.75) is 39.2 Å². The first-order valence-corrected chi connectivity index (χ1v) is 11.9. The Hall–Kier alpha value is -1.34. The molecule has 1 aliphatic rings. The molecule has 0 radical (unpaired) electrons. The van der Waals surface area contributed by atoms with Gasteiger partial charge in [-0.15, -0.1) is 0 Å². The lowest BCUT2D eigenvalue weighted by Gasteiger charge is -2.43. The summed E-state index contributed by atoms with van der Waals surface area (Å²) in [7, 11) is -2.42. The van der Waals surface area contributed by atoms with E-state index >= 15 is 0 Å². The van der Waals surface area contributed by atoms with Crippen LogP contribution in [0.25, 0.3) is 0 Å². The topological polar surface area (TPSA) is 9.23 Å². The van der Waals surface area contributed by atoms with E-state index in [1.54, 1.807) is 0 Å². The molecule has 1 nitrogen and oxygen atoms in total. The van der Waals surface area contributed by atoms with E-state index in [2.05, 4.69) is 115 Å². The number of hydrogen-bond acceptors (Lipinski definition) is 1. The smallest absolute Gasteiger partial charge is 0.261 e. The molecule has 0 spiro atoms. The van der Waals surface area contributed by atoms with E-state index in [1.165, 1.54) is 10.4 Å². The van der Waals surface area contributed by atoms with Crippen molar-refractivity contribution in [3.05, 3.63) is 60.7 Å². The minimum atomic E-state index is -2.42. The van der Waals surface area contributed by atoms with Crippen LogP contribution < -0.4 is 10.4 Å². The maximum Gasteiger partial charge on any atom is 0.261 e. The van der Waals surface area contributed by atoms with Gasteiger partial charge in [0.05, 0.1) is 0 Å². The molecule has 0 heterocycles. The van der Waals surface area contributed by atoms with Crippen LogP contribution in [0.4, 0.5) is 0 Å². The second-order valence-corrected chi connectivity index (χ2v) is 13.2. The molecule has 3 rings (SSSR count). The average Bonchev–Trinajstić information content (AvgIpc) is 3.26. The van der Waals surface area contributed by atoms with Crippen molar-refractivity contribution >= 4 is 34.6 Å². The Kier molecular flexibility index (Phi) is 5.49. The summed E-state index contributed by atoms with van der Waals surface area (Å²) >= 11 is 3.26. The highest BCUT2D eigenvalue weighted by atomic mass is 79.9. The fourth-order valence-electron chi connectivity index (χ4n) is 3.94. The molecule has 2 atom stereocenters. The van der Waals surface area contributed by atoms with Gasteiger partial charge in [0.15, 0.2) is 0 Å². The van der Waals surface area contributed by atoms with Crippen molar-refractivity contribution in [2.24, 2.45) is 11.3 Å². The summed E-state index contributed by atoms with van der Waals surface area (Å²) in [6, 6.07) is 21.7.